The minimum absolute atomic E-state index is 0.0392. The highest BCUT2D eigenvalue weighted by atomic mass is 16.1. The molecule has 0 radical (unpaired) electrons. The summed E-state index contributed by atoms with van der Waals surface area (Å²) >= 11 is 0. The summed E-state index contributed by atoms with van der Waals surface area (Å²) in [7, 11) is 0. The van der Waals surface area contributed by atoms with E-state index in [9.17, 15) is 4.79 Å². The zero-order chi connectivity index (χ0) is 14.4. The molecule has 0 heterocycles. The molecular weight excluding hydrogens is 246 g/mol. The lowest BCUT2D eigenvalue weighted by atomic mass is 9.87. The van der Waals surface area contributed by atoms with Crippen molar-refractivity contribution >= 4 is 5.91 Å². The third kappa shape index (κ3) is 3.82. The van der Waals surface area contributed by atoms with Crippen LogP contribution in [-0.4, -0.2) is 5.91 Å². The van der Waals surface area contributed by atoms with Crippen molar-refractivity contribution in [3.8, 4) is 0 Å². The number of amides is 1. The van der Waals surface area contributed by atoms with Gasteiger partial charge in [0.05, 0.1) is 0 Å². The molecule has 0 aromatic heterocycles. The van der Waals surface area contributed by atoms with Crippen molar-refractivity contribution in [1.29, 1.82) is 0 Å². The average Bonchev–Trinajstić information content (AvgIpc) is 2.48. The Balaban J connectivity index is 2.17. The molecule has 0 bridgehead atoms. The van der Waals surface area contributed by atoms with Crippen molar-refractivity contribution in [3.05, 3.63) is 83.9 Å². The normalized spacial score (nSPS) is 10.4. The summed E-state index contributed by atoms with van der Waals surface area (Å²) in [6, 6.07) is 20.2. The largest absolute Gasteiger partial charge is 0.366 e. The van der Waals surface area contributed by atoms with E-state index in [-0.39, 0.29) is 5.92 Å². The second kappa shape index (κ2) is 6.71. The zero-order valence-electron chi connectivity index (χ0n) is 11.5. The van der Waals surface area contributed by atoms with Gasteiger partial charge in [0.2, 0.25) is 5.91 Å². The number of primary amides is 1. The molecule has 2 N–H and O–H groups in total. The van der Waals surface area contributed by atoms with Gasteiger partial charge >= 0.3 is 0 Å². The van der Waals surface area contributed by atoms with Crippen molar-refractivity contribution in [3.63, 3.8) is 0 Å². The van der Waals surface area contributed by atoms with Gasteiger partial charge in [0, 0.05) is 5.57 Å². The van der Waals surface area contributed by atoms with Gasteiger partial charge in [-0.25, -0.2) is 0 Å². The van der Waals surface area contributed by atoms with Gasteiger partial charge in [-0.3, -0.25) is 4.79 Å². The van der Waals surface area contributed by atoms with Gasteiger partial charge in [-0.15, -0.1) is 0 Å². The lowest BCUT2D eigenvalue weighted by Crippen LogP contribution is -2.23. The number of hydrogen-bond acceptors (Lipinski definition) is 1. The summed E-state index contributed by atoms with van der Waals surface area (Å²) in [6.07, 6.45) is 1.55. The van der Waals surface area contributed by atoms with Gasteiger partial charge in [0.1, 0.15) is 0 Å². The standard InChI is InChI=1S/C18H19NO/c1-14(18(19)20)17(12-15-8-4-2-5-9-15)13-16-10-6-3-7-11-16/h2-11,17H,1,12-13H2,(H2,19,20). The lowest BCUT2D eigenvalue weighted by Gasteiger charge is -2.18. The van der Waals surface area contributed by atoms with Gasteiger partial charge < -0.3 is 5.73 Å². The number of nitrogens with two attached hydrogens (primary N) is 1. The summed E-state index contributed by atoms with van der Waals surface area (Å²) in [5.41, 5.74) is 8.28. The summed E-state index contributed by atoms with van der Waals surface area (Å²) in [5.74, 6) is -0.376. The maximum atomic E-state index is 11.4. The smallest absolute Gasteiger partial charge is 0.244 e. The number of carbonyl (C=O) groups excluding carboxylic acids is 1. The Morgan fingerprint density at radius 2 is 1.30 bits per heavy atom. The van der Waals surface area contributed by atoms with Crippen LogP contribution in [0.5, 0.6) is 0 Å². The van der Waals surface area contributed by atoms with E-state index in [2.05, 4.69) is 30.8 Å². The molecule has 0 spiro atoms. The summed E-state index contributed by atoms with van der Waals surface area (Å²) in [6.45, 7) is 3.87. The van der Waals surface area contributed by atoms with Crippen LogP contribution < -0.4 is 5.73 Å². The fourth-order valence-corrected chi connectivity index (χ4v) is 2.32. The molecule has 0 aliphatic carbocycles. The highest BCUT2D eigenvalue weighted by Crippen LogP contribution is 2.21. The molecule has 0 aliphatic rings. The van der Waals surface area contributed by atoms with Crippen LogP contribution in [-0.2, 0) is 17.6 Å². The first-order valence-electron chi connectivity index (χ1n) is 6.73. The molecule has 2 aromatic carbocycles. The van der Waals surface area contributed by atoms with Crippen molar-refractivity contribution in [2.75, 3.05) is 0 Å². The highest BCUT2D eigenvalue weighted by molar-refractivity contribution is 5.91. The number of carbonyl (C=O) groups is 1. The van der Waals surface area contributed by atoms with Gasteiger partial charge in [-0.05, 0) is 29.9 Å². The molecule has 102 valence electrons. The lowest BCUT2D eigenvalue weighted by molar-refractivity contribution is -0.115. The van der Waals surface area contributed by atoms with Crippen LogP contribution in [0.2, 0.25) is 0 Å². The van der Waals surface area contributed by atoms with Crippen molar-refractivity contribution < 1.29 is 4.79 Å². The van der Waals surface area contributed by atoms with Crippen LogP contribution in [0.15, 0.2) is 72.8 Å². The molecule has 2 heteroatoms. The third-order valence-corrected chi connectivity index (χ3v) is 3.46. The predicted molar refractivity (Wildman–Crippen MR) is 82.1 cm³/mol. The molecule has 0 fully saturated rings. The van der Waals surface area contributed by atoms with Crippen molar-refractivity contribution in [2.24, 2.45) is 11.7 Å². The second-order valence-electron chi connectivity index (χ2n) is 4.97. The topological polar surface area (TPSA) is 43.1 Å². The zero-order valence-corrected chi connectivity index (χ0v) is 11.5. The van der Waals surface area contributed by atoms with Crippen LogP contribution in [0.25, 0.3) is 0 Å². The minimum Gasteiger partial charge on any atom is -0.366 e. The Hall–Kier alpha value is -2.35. The Morgan fingerprint density at radius 3 is 1.65 bits per heavy atom. The van der Waals surface area contributed by atoms with Crippen LogP contribution in [0.3, 0.4) is 0 Å². The highest BCUT2D eigenvalue weighted by Gasteiger charge is 2.18. The van der Waals surface area contributed by atoms with Crippen molar-refractivity contribution in [2.45, 2.75) is 12.8 Å². The van der Waals surface area contributed by atoms with E-state index in [1.165, 1.54) is 11.1 Å². The van der Waals surface area contributed by atoms with Crippen LogP contribution in [0.4, 0.5) is 0 Å². The van der Waals surface area contributed by atoms with Crippen molar-refractivity contribution in [1.82, 2.24) is 0 Å². The van der Waals surface area contributed by atoms with Crippen LogP contribution >= 0.6 is 0 Å². The van der Waals surface area contributed by atoms with Crippen LogP contribution in [0.1, 0.15) is 11.1 Å². The van der Waals surface area contributed by atoms with Crippen LogP contribution in [0, 0.1) is 5.92 Å². The summed E-state index contributed by atoms with van der Waals surface area (Å²) in [4.78, 5) is 11.4. The Morgan fingerprint density at radius 1 is 0.900 bits per heavy atom. The van der Waals surface area contributed by atoms with Gasteiger partial charge in [0.25, 0.3) is 0 Å². The molecule has 20 heavy (non-hydrogen) atoms. The maximum Gasteiger partial charge on any atom is 0.244 e. The molecule has 0 saturated heterocycles. The quantitative estimate of drug-likeness (QED) is 0.801. The molecule has 0 atom stereocenters. The van der Waals surface area contributed by atoms with E-state index < -0.39 is 5.91 Å². The summed E-state index contributed by atoms with van der Waals surface area (Å²) < 4.78 is 0. The molecule has 2 nitrogen and oxygen atoms in total. The molecular formula is C18H19NO. The Bertz CT molecular complexity index is 533. The van der Waals surface area contributed by atoms with E-state index in [0.29, 0.717) is 5.57 Å². The SMILES string of the molecule is C=C(C(N)=O)C(Cc1ccccc1)Cc1ccccc1. The molecule has 2 aromatic rings. The van der Waals surface area contributed by atoms with E-state index >= 15 is 0 Å². The average molecular weight is 265 g/mol. The fourth-order valence-electron chi connectivity index (χ4n) is 2.32. The Kier molecular flexibility index (Phi) is 4.72. The Labute approximate surface area is 119 Å². The van der Waals surface area contributed by atoms with Gasteiger partial charge in [-0.1, -0.05) is 67.2 Å². The van der Waals surface area contributed by atoms with E-state index in [1.807, 2.05) is 36.4 Å². The third-order valence-electron chi connectivity index (χ3n) is 3.46. The first-order chi connectivity index (χ1) is 9.66. The van der Waals surface area contributed by atoms with E-state index in [4.69, 9.17) is 5.73 Å². The number of hydrogen-bond donors (Lipinski definition) is 1. The second-order valence-corrected chi connectivity index (χ2v) is 4.97. The van der Waals surface area contributed by atoms with E-state index in [1.54, 1.807) is 0 Å². The molecule has 2 rings (SSSR count). The summed E-state index contributed by atoms with van der Waals surface area (Å²) in [5, 5.41) is 0. The molecule has 0 unspecified atom stereocenters. The fraction of sp³-hybridized carbons (Fsp3) is 0.167. The molecule has 0 aliphatic heterocycles. The maximum absolute atomic E-state index is 11.4. The first-order valence-corrected chi connectivity index (χ1v) is 6.73. The number of benzene rings is 2. The number of rotatable bonds is 6. The monoisotopic (exact) mass is 265 g/mol. The first kappa shape index (κ1) is 14.1. The molecule has 0 saturated carbocycles. The van der Waals surface area contributed by atoms with E-state index in [0.717, 1.165) is 12.8 Å². The van der Waals surface area contributed by atoms with Gasteiger partial charge in [-0.2, -0.15) is 0 Å². The minimum atomic E-state index is -0.415. The predicted octanol–water partition coefficient (Wildman–Crippen LogP) is 3.13. The molecule has 1 amide bonds. The van der Waals surface area contributed by atoms with Gasteiger partial charge in [0.15, 0.2) is 0 Å².